The predicted octanol–water partition coefficient (Wildman–Crippen LogP) is 0.715. The van der Waals surface area contributed by atoms with E-state index in [1.807, 2.05) is 20.9 Å². The fourth-order valence-electron chi connectivity index (χ4n) is 3.36. The summed E-state index contributed by atoms with van der Waals surface area (Å²) in [6, 6.07) is -0.0551. The second-order valence-electron chi connectivity index (χ2n) is 6.53. The van der Waals surface area contributed by atoms with Crippen molar-refractivity contribution in [1.29, 1.82) is 0 Å². The number of likely N-dealkylation sites (N-methyl/N-ethyl adjacent to an activating group) is 1. The first-order chi connectivity index (χ1) is 9.45. The standard InChI is InChI=1S/C15H28N2O3/c1-11(18)9-17-6-4-13(5-7-17)10-16(3)14-8-12(2)20-15(14)19/h11-14,18H,4-10H2,1-3H3/t11-,12+,14+/m0/s1. The molecule has 5 heteroatoms. The Morgan fingerprint density at radius 3 is 2.60 bits per heavy atom. The summed E-state index contributed by atoms with van der Waals surface area (Å²) in [6.07, 6.45) is 2.92. The Labute approximate surface area is 121 Å². The minimum Gasteiger partial charge on any atom is -0.461 e. The number of hydrogen-bond acceptors (Lipinski definition) is 5. The van der Waals surface area contributed by atoms with E-state index in [2.05, 4.69) is 9.80 Å². The van der Waals surface area contributed by atoms with Crippen LogP contribution in [0.15, 0.2) is 0 Å². The number of hydrogen-bond donors (Lipinski definition) is 1. The van der Waals surface area contributed by atoms with Gasteiger partial charge in [0.15, 0.2) is 0 Å². The molecule has 0 bridgehead atoms. The molecule has 0 spiro atoms. The Morgan fingerprint density at radius 2 is 2.10 bits per heavy atom. The van der Waals surface area contributed by atoms with Crippen molar-refractivity contribution < 1.29 is 14.6 Å². The highest BCUT2D eigenvalue weighted by atomic mass is 16.6. The molecule has 0 aromatic heterocycles. The summed E-state index contributed by atoms with van der Waals surface area (Å²) in [7, 11) is 2.03. The predicted molar refractivity (Wildman–Crippen MR) is 77.4 cm³/mol. The van der Waals surface area contributed by atoms with Crippen molar-refractivity contribution in [3.8, 4) is 0 Å². The number of cyclic esters (lactones) is 1. The van der Waals surface area contributed by atoms with Gasteiger partial charge in [0.05, 0.1) is 6.10 Å². The summed E-state index contributed by atoms with van der Waals surface area (Å²) in [6.45, 7) is 7.64. The van der Waals surface area contributed by atoms with Crippen molar-refractivity contribution in [2.45, 2.75) is 51.4 Å². The highest BCUT2D eigenvalue weighted by Gasteiger charge is 2.35. The number of aliphatic hydroxyl groups excluding tert-OH is 1. The van der Waals surface area contributed by atoms with E-state index >= 15 is 0 Å². The van der Waals surface area contributed by atoms with Gasteiger partial charge in [0.2, 0.25) is 0 Å². The first-order valence-electron chi connectivity index (χ1n) is 7.77. The van der Waals surface area contributed by atoms with E-state index in [1.54, 1.807) is 0 Å². The zero-order valence-corrected chi connectivity index (χ0v) is 12.9. The normalized spacial score (nSPS) is 30.8. The summed E-state index contributed by atoms with van der Waals surface area (Å²) in [5, 5.41) is 9.41. The quantitative estimate of drug-likeness (QED) is 0.754. The van der Waals surface area contributed by atoms with Crippen molar-refractivity contribution in [3.63, 3.8) is 0 Å². The van der Waals surface area contributed by atoms with E-state index in [0.29, 0.717) is 5.92 Å². The van der Waals surface area contributed by atoms with Crippen LogP contribution in [0.4, 0.5) is 0 Å². The van der Waals surface area contributed by atoms with Crippen molar-refractivity contribution in [2.75, 3.05) is 33.2 Å². The Bertz CT molecular complexity index is 327. The van der Waals surface area contributed by atoms with Crippen molar-refractivity contribution >= 4 is 5.97 Å². The molecule has 2 saturated heterocycles. The van der Waals surface area contributed by atoms with E-state index in [-0.39, 0.29) is 24.2 Å². The molecule has 1 N–H and O–H groups in total. The van der Waals surface area contributed by atoms with Gasteiger partial charge in [0, 0.05) is 19.5 Å². The molecule has 5 nitrogen and oxygen atoms in total. The molecule has 2 fully saturated rings. The van der Waals surface area contributed by atoms with Gasteiger partial charge in [-0.05, 0) is 52.7 Å². The smallest absolute Gasteiger partial charge is 0.323 e. The minimum atomic E-state index is -0.246. The lowest BCUT2D eigenvalue weighted by molar-refractivity contribution is -0.144. The first-order valence-corrected chi connectivity index (χ1v) is 7.77. The number of carbonyl (C=O) groups is 1. The summed E-state index contributed by atoms with van der Waals surface area (Å²) in [5.74, 6) is 0.584. The van der Waals surface area contributed by atoms with Crippen LogP contribution in [0.1, 0.15) is 33.1 Å². The number of ether oxygens (including phenoxy) is 1. The molecule has 2 aliphatic heterocycles. The van der Waals surface area contributed by atoms with E-state index in [1.165, 1.54) is 0 Å². The lowest BCUT2D eigenvalue weighted by atomic mass is 9.95. The van der Waals surface area contributed by atoms with Gasteiger partial charge in [0.25, 0.3) is 0 Å². The minimum absolute atomic E-state index is 0.0551. The van der Waals surface area contributed by atoms with Gasteiger partial charge in [0.1, 0.15) is 12.1 Å². The van der Waals surface area contributed by atoms with Crippen LogP contribution in [0.25, 0.3) is 0 Å². The molecule has 2 rings (SSSR count). The summed E-state index contributed by atoms with van der Waals surface area (Å²) in [4.78, 5) is 16.2. The monoisotopic (exact) mass is 284 g/mol. The van der Waals surface area contributed by atoms with Gasteiger partial charge in [-0.1, -0.05) is 0 Å². The summed E-state index contributed by atoms with van der Waals surface area (Å²) >= 11 is 0. The lowest BCUT2D eigenvalue weighted by Gasteiger charge is -2.35. The topological polar surface area (TPSA) is 53.0 Å². The molecule has 116 valence electrons. The largest absolute Gasteiger partial charge is 0.461 e. The molecule has 0 saturated carbocycles. The highest BCUT2D eigenvalue weighted by molar-refractivity contribution is 5.77. The van der Waals surface area contributed by atoms with Crippen LogP contribution in [-0.2, 0) is 9.53 Å². The Morgan fingerprint density at radius 1 is 1.45 bits per heavy atom. The van der Waals surface area contributed by atoms with E-state index < -0.39 is 0 Å². The van der Waals surface area contributed by atoms with Crippen molar-refractivity contribution in [2.24, 2.45) is 5.92 Å². The molecule has 0 aliphatic carbocycles. The molecule has 3 atom stereocenters. The maximum absolute atomic E-state index is 11.7. The molecule has 0 aromatic carbocycles. The maximum atomic E-state index is 11.7. The molecular formula is C15H28N2O3. The van der Waals surface area contributed by atoms with Crippen molar-refractivity contribution in [1.82, 2.24) is 9.80 Å². The van der Waals surface area contributed by atoms with E-state index in [0.717, 1.165) is 45.4 Å². The van der Waals surface area contributed by atoms with Crippen LogP contribution in [0, 0.1) is 5.92 Å². The SMILES string of the molecule is C[C@H](O)CN1CCC(CN(C)[C@@H]2C[C@@H](C)OC2=O)CC1. The third-order valence-corrected chi connectivity index (χ3v) is 4.45. The van der Waals surface area contributed by atoms with Crippen LogP contribution in [0.2, 0.25) is 0 Å². The zero-order chi connectivity index (χ0) is 14.7. The van der Waals surface area contributed by atoms with Gasteiger partial charge in [-0.15, -0.1) is 0 Å². The number of likely N-dealkylation sites (tertiary alicyclic amines) is 1. The third kappa shape index (κ3) is 4.17. The molecule has 2 heterocycles. The Hall–Kier alpha value is -0.650. The van der Waals surface area contributed by atoms with E-state index in [4.69, 9.17) is 4.74 Å². The summed E-state index contributed by atoms with van der Waals surface area (Å²) in [5.41, 5.74) is 0. The molecule has 0 unspecified atom stereocenters. The van der Waals surface area contributed by atoms with Crippen LogP contribution in [0.3, 0.4) is 0 Å². The van der Waals surface area contributed by atoms with Gasteiger partial charge in [-0.25, -0.2) is 0 Å². The number of esters is 1. The molecule has 0 radical (unpaired) electrons. The number of β-amino-alcohol motifs (C(OH)–C–C–N with tert-alkyl or cyclic N) is 1. The molecule has 0 amide bonds. The van der Waals surface area contributed by atoms with Gasteiger partial charge < -0.3 is 14.7 Å². The number of aliphatic hydroxyl groups is 1. The number of carbonyl (C=O) groups excluding carboxylic acids is 1. The average molecular weight is 284 g/mol. The second kappa shape index (κ2) is 6.87. The molecule has 20 heavy (non-hydrogen) atoms. The van der Waals surface area contributed by atoms with Gasteiger partial charge in [-0.3, -0.25) is 9.69 Å². The first kappa shape index (κ1) is 15.7. The summed E-state index contributed by atoms with van der Waals surface area (Å²) < 4.78 is 5.23. The van der Waals surface area contributed by atoms with Crippen molar-refractivity contribution in [3.05, 3.63) is 0 Å². The fourth-order valence-corrected chi connectivity index (χ4v) is 3.36. The number of piperidine rings is 1. The highest BCUT2D eigenvalue weighted by Crippen LogP contribution is 2.23. The van der Waals surface area contributed by atoms with Crippen LogP contribution in [0.5, 0.6) is 0 Å². The number of nitrogens with zero attached hydrogens (tertiary/aromatic N) is 2. The van der Waals surface area contributed by atoms with Crippen LogP contribution in [-0.4, -0.2) is 72.4 Å². The maximum Gasteiger partial charge on any atom is 0.323 e. The Kier molecular flexibility index (Phi) is 5.41. The molecule has 2 aliphatic rings. The van der Waals surface area contributed by atoms with E-state index in [9.17, 15) is 9.90 Å². The molecular weight excluding hydrogens is 256 g/mol. The number of rotatable bonds is 5. The van der Waals surface area contributed by atoms with Gasteiger partial charge in [-0.2, -0.15) is 0 Å². The molecule has 0 aromatic rings. The third-order valence-electron chi connectivity index (χ3n) is 4.45. The van der Waals surface area contributed by atoms with Crippen LogP contribution < -0.4 is 0 Å². The fraction of sp³-hybridized carbons (Fsp3) is 0.933. The second-order valence-corrected chi connectivity index (χ2v) is 6.53. The average Bonchev–Trinajstić information content (AvgIpc) is 2.70. The Balaban J connectivity index is 1.73. The zero-order valence-electron chi connectivity index (χ0n) is 12.9. The van der Waals surface area contributed by atoms with Gasteiger partial charge >= 0.3 is 5.97 Å². The van der Waals surface area contributed by atoms with Crippen LogP contribution >= 0.6 is 0 Å². The lowest BCUT2D eigenvalue weighted by Crippen LogP contribution is -2.43.